The van der Waals surface area contributed by atoms with E-state index < -0.39 is 0 Å². The summed E-state index contributed by atoms with van der Waals surface area (Å²) >= 11 is 0. The second kappa shape index (κ2) is 6.40. The first-order valence-electron chi connectivity index (χ1n) is 7.84. The molecule has 0 saturated heterocycles. The monoisotopic (exact) mass is 273 g/mol. The Morgan fingerprint density at radius 1 is 1.20 bits per heavy atom. The third kappa shape index (κ3) is 2.88. The van der Waals surface area contributed by atoms with Crippen molar-refractivity contribution in [1.82, 2.24) is 9.55 Å². The normalized spacial score (nSPS) is 13.3. The molecule has 20 heavy (non-hydrogen) atoms. The molecule has 0 fully saturated rings. The number of imidazole rings is 1. The zero-order valence-electron chi connectivity index (χ0n) is 13.2. The van der Waals surface area contributed by atoms with E-state index in [2.05, 4.69) is 50.5 Å². The summed E-state index contributed by atoms with van der Waals surface area (Å²) in [4.78, 5) is 4.83. The number of fused-ring (bicyclic) bond motifs is 1. The van der Waals surface area contributed by atoms with Crippen LogP contribution in [0.4, 0.5) is 0 Å². The zero-order chi connectivity index (χ0) is 14.7. The molecule has 0 spiro atoms. The van der Waals surface area contributed by atoms with E-state index in [0.717, 1.165) is 37.1 Å². The maximum atomic E-state index is 6.31. The van der Waals surface area contributed by atoms with Gasteiger partial charge in [0.2, 0.25) is 0 Å². The van der Waals surface area contributed by atoms with Crippen molar-refractivity contribution in [2.75, 3.05) is 0 Å². The molecule has 2 rings (SSSR count). The molecular formula is C17H27N3. The number of nitrogens with zero attached hydrogens (tertiary/aromatic N) is 2. The van der Waals surface area contributed by atoms with Gasteiger partial charge in [0, 0.05) is 6.54 Å². The fourth-order valence-corrected chi connectivity index (χ4v) is 2.71. The molecule has 110 valence electrons. The average molecular weight is 273 g/mol. The fourth-order valence-electron chi connectivity index (χ4n) is 2.71. The van der Waals surface area contributed by atoms with Crippen LogP contribution in [0.25, 0.3) is 11.0 Å². The Morgan fingerprint density at radius 3 is 2.55 bits per heavy atom. The van der Waals surface area contributed by atoms with Crippen LogP contribution < -0.4 is 5.73 Å². The number of aromatic nitrogens is 2. The molecule has 3 heteroatoms. The first-order valence-corrected chi connectivity index (χ1v) is 7.84. The average Bonchev–Trinajstić information content (AvgIpc) is 2.77. The third-order valence-electron chi connectivity index (χ3n) is 3.85. The highest BCUT2D eigenvalue weighted by molar-refractivity contribution is 5.77. The van der Waals surface area contributed by atoms with Crippen molar-refractivity contribution in [3.8, 4) is 0 Å². The number of hydrogen-bond acceptors (Lipinski definition) is 2. The van der Waals surface area contributed by atoms with E-state index in [-0.39, 0.29) is 6.04 Å². The summed E-state index contributed by atoms with van der Waals surface area (Å²) < 4.78 is 2.31. The molecule has 0 radical (unpaired) electrons. The molecule has 2 N–H and O–H groups in total. The van der Waals surface area contributed by atoms with Crippen molar-refractivity contribution < 1.29 is 0 Å². The summed E-state index contributed by atoms with van der Waals surface area (Å²) in [5.74, 6) is 1.58. The smallest absolute Gasteiger partial charge is 0.126 e. The Kier molecular flexibility index (Phi) is 4.81. The van der Waals surface area contributed by atoms with Crippen LogP contribution in [-0.2, 0) is 6.54 Å². The highest BCUT2D eigenvalue weighted by Crippen LogP contribution is 2.26. The van der Waals surface area contributed by atoms with Crippen LogP contribution in [0.2, 0.25) is 0 Å². The van der Waals surface area contributed by atoms with Gasteiger partial charge in [-0.3, -0.25) is 0 Å². The topological polar surface area (TPSA) is 43.8 Å². The summed E-state index contributed by atoms with van der Waals surface area (Å²) in [6.07, 6.45) is 3.18. The van der Waals surface area contributed by atoms with Gasteiger partial charge in [0.15, 0.2) is 0 Å². The third-order valence-corrected chi connectivity index (χ3v) is 3.85. The van der Waals surface area contributed by atoms with Crippen LogP contribution in [0.1, 0.15) is 70.3 Å². The number of benzene rings is 1. The minimum atomic E-state index is 0.0430. The molecular weight excluding hydrogens is 246 g/mol. The molecule has 0 saturated carbocycles. The predicted molar refractivity (Wildman–Crippen MR) is 85.9 cm³/mol. The highest BCUT2D eigenvalue weighted by atomic mass is 15.1. The molecule has 0 bridgehead atoms. The zero-order valence-corrected chi connectivity index (χ0v) is 13.2. The SMILES string of the molecule is CCCC(N)c1nc2cc(C(C)C)ccc2n1CCC. The van der Waals surface area contributed by atoms with E-state index in [9.17, 15) is 0 Å². The molecule has 1 heterocycles. The molecule has 0 aliphatic rings. The number of nitrogens with two attached hydrogens (primary N) is 1. The summed E-state index contributed by atoms with van der Waals surface area (Å²) in [6, 6.07) is 6.68. The van der Waals surface area contributed by atoms with Gasteiger partial charge in [0.1, 0.15) is 5.82 Å². The first-order chi connectivity index (χ1) is 9.58. The Labute approximate surface area is 122 Å². The van der Waals surface area contributed by atoms with Gasteiger partial charge in [-0.05, 0) is 36.5 Å². The minimum Gasteiger partial charge on any atom is -0.327 e. The Bertz CT molecular complexity index is 569. The molecule has 1 aromatic carbocycles. The summed E-state index contributed by atoms with van der Waals surface area (Å²) in [5, 5.41) is 0. The molecule has 0 amide bonds. The van der Waals surface area contributed by atoms with E-state index in [0.29, 0.717) is 5.92 Å². The largest absolute Gasteiger partial charge is 0.327 e. The van der Waals surface area contributed by atoms with Crippen molar-refractivity contribution in [3.05, 3.63) is 29.6 Å². The Balaban J connectivity index is 2.52. The van der Waals surface area contributed by atoms with Gasteiger partial charge in [-0.25, -0.2) is 4.98 Å². The number of rotatable bonds is 6. The van der Waals surface area contributed by atoms with Gasteiger partial charge in [-0.2, -0.15) is 0 Å². The van der Waals surface area contributed by atoms with Crippen molar-refractivity contribution in [1.29, 1.82) is 0 Å². The molecule has 3 nitrogen and oxygen atoms in total. The lowest BCUT2D eigenvalue weighted by Gasteiger charge is -2.13. The predicted octanol–water partition coefficient (Wildman–Crippen LogP) is 4.37. The summed E-state index contributed by atoms with van der Waals surface area (Å²) in [7, 11) is 0. The lowest BCUT2D eigenvalue weighted by Crippen LogP contribution is -2.16. The maximum Gasteiger partial charge on any atom is 0.126 e. The van der Waals surface area contributed by atoms with E-state index in [1.54, 1.807) is 0 Å². The molecule has 0 aliphatic heterocycles. The number of aryl methyl sites for hydroxylation is 1. The fraction of sp³-hybridized carbons (Fsp3) is 0.588. The number of hydrogen-bond donors (Lipinski definition) is 1. The quantitative estimate of drug-likeness (QED) is 0.849. The van der Waals surface area contributed by atoms with Gasteiger partial charge >= 0.3 is 0 Å². The molecule has 1 aromatic heterocycles. The molecule has 1 atom stereocenters. The standard InChI is InChI=1S/C17H27N3/c1-5-7-14(18)17-19-15-11-13(12(3)4)8-9-16(15)20(17)10-6-2/h8-9,11-12,14H,5-7,10,18H2,1-4H3. The van der Waals surface area contributed by atoms with Crippen molar-refractivity contribution in [2.24, 2.45) is 5.73 Å². The van der Waals surface area contributed by atoms with Gasteiger partial charge in [-0.15, -0.1) is 0 Å². The van der Waals surface area contributed by atoms with Crippen molar-refractivity contribution in [3.63, 3.8) is 0 Å². The van der Waals surface area contributed by atoms with E-state index >= 15 is 0 Å². The van der Waals surface area contributed by atoms with Crippen molar-refractivity contribution in [2.45, 2.75) is 65.5 Å². The van der Waals surface area contributed by atoms with Crippen LogP contribution in [0.3, 0.4) is 0 Å². The van der Waals surface area contributed by atoms with E-state index in [1.165, 1.54) is 11.1 Å². The summed E-state index contributed by atoms with van der Waals surface area (Å²) in [5.41, 5.74) is 9.97. The van der Waals surface area contributed by atoms with Gasteiger partial charge in [0.05, 0.1) is 17.1 Å². The maximum absolute atomic E-state index is 6.31. The lowest BCUT2D eigenvalue weighted by atomic mass is 10.0. The Hall–Kier alpha value is -1.35. The van der Waals surface area contributed by atoms with Crippen LogP contribution in [0, 0.1) is 0 Å². The van der Waals surface area contributed by atoms with Gasteiger partial charge in [0.25, 0.3) is 0 Å². The van der Waals surface area contributed by atoms with Crippen LogP contribution in [-0.4, -0.2) is 9.55 Å². The van der Waals surface area contributed by atoms with Crippen LogP contribution >= 0.6 is 0 Å². The van der Waals surface area contributed by atoms with Crippen LogP contribution in [0.5, 0.6) is 0 Å². The van der Waals surface area contributed by atoms with Gasteiger partial charge in [-0.1, -0.05) is 40.2 Å². The Morgan fingerprint density at radius 2 is 1.95 bits per heavy atom. The van der Waals surface area contributed by atoms with Gasteiger partial charge < -0.3 is 10.3 Å². The lowest BCUT2D eigenvalue weighted by molar-refractivity contribution is 0.552. The molecule has 2 aromatic rings. The van der Waals surface area contributed by atoms with E-state index in [1.807, 2.05) is 0 Å². The summed E-state index contributed by atoms with van der Waals surface area (Å²) in [6.45, 7) is 9.79. The second-order valence-electron chi connectivity index (χ2n) is 5.92. The molecule has 0 aliphatic carbocycles. The highest BCUT2D eigenvalue weighted by Gasteiger charge is 2.16. The molecule has 1 unspecified atom stereocenters. The van der Waals surface area contributed by atoms with Crippen LogP contribution in [0.15, 0.2) is 18.2 Å². The first kappa shape index (κ1) is 15.0. The van der Waals surface area contributed by atoms with E-state index in [4.69, 9.17) is 10.7 Å². The second-order valence-corrected chi connectivity index (χ2v) is 5.92. The minimum absolute atomic E-state index is 0.0430. The van der Waals surface area contributed by atoms with Crippen molar-refractivity contribution >= 4 is 11.0 Å².